The van der Waals surface area contributed by atoms with Gasteiger partial charge in [0.25, 0.3) is 0 Å². The number of rotatable bonds is 9. The normalized spacial score (nSPS) is 13.0. The molecule has 0 saturated heterocycles. The highest BCUT2D eigenvalue weighted by Crippen LogP contribution is 2.20. The number of carbonyl (C=O) groups excluding carboxylic acids is 1. The highest BCUT2D eigenvalue weighted by Gasteiger charge is 2.23. The third-order valence-electron chi connectivity index (χ3n) is 4.67. The van der Waals surface area contributed by atoms with Gasteiger partial charge in [-0.25, -0.2) is 4.98 Å². The Morgan fingerprint density at radius 1 is 1.21 bits per heavy atom. The van der Waals surface area contributed by atoms with Gasteiger partial charge in [-0.1, -0.05) is 24.3 Å². The molecule has 2 aromatic carbocycles. The maximum atomic E-state index is 13.0. The number of methoxy groups -OCH3 is 1. The molecule has 29 heavy (non-hydrogen) atoms. The summed E-state index contributed by atoms with van der Waals surface area (Å²) in [6.45, 7) is 3.97. The highest BCUT2D eigenvalue weighted by atomic mass is 32.1. The summed E-state index contributed by atoms with van der Waals surface area (Å²) in [5.74, 6) is 1.42. The molecule has 1 aromatic heterocycles. The Morgan fingerprint density at radius 3 is 2.59 bits per heavy atom. The standard InChI is InChI=1S/C22H26N4O2S/c1-14-6-4-5-7-17(14)13-20-25-22(29-26-20)24-19(12-15(2)23)21(27)16-8-10-18(28-3)11-9-16/h4-11,15,19H,12-13,23H2,1-3H3,(H,24,25,26). The fourth-order valence-electron chi connectivity index (χ4n) is 3.07. The molecule has 6 nitrogen and oxygen atoms in total. The first-order valence-electron chi connectivity index (χ1n) is 9.53. The lowest BCUT2D eigenvalue weighted by molar-refractivity contribution is 0.0963. The molecule has 3 N–H and O–H groups in total. The monoisotopic (exact) mass is 410 g/mol. The number of nitrogens with one attached hydrogen (secondary N) is 1. The number of Topliss-reactive ketones (excluding diaryl/α,β-unsaturated/α-hetero) is 1. The van der Waals surface area contributed by atoms with Crippen LogP contribution in [0.25, 0.3) is 0 Å². The van der Waals surface area contributed by atoms with E-state index >= 15 is 0 Å². The van der Waals surface area contributed by atoms with Gasteiger partial charge in [-0.15, -0.1) is 0 Å². The zero-order valence-corrected chi connectivity index (χ0v) is 17.7. The van der Waals surface area contributed by atoms with E-state index in [1.807, 2.05) is 19.1 Å². The summed E-state index contributed by atoms with van der Waals surface area (Å²) in [6, 6.07) is 14.7. The lowest BCUT2D eigenvalue weighted by Crippen LogP contribution is -2.35. The molecule has 152 valence electrons. The first-order chi connectivity index (χ1) is 14.0. The Kier molecular flexibility index (Phi) is 6.95. The van der Waals surface area contributed by atoms with Crippen molar-refractivity contribution in [2.24, 2.45) is 5.73 Å². The van der Waals surface area contributed by atoms with E-state index in [-0.39, 0.29) is 11.8 Å². The SMILES string of the molecule is COc1ccc(C(=O)C(CC(C)N)Nc2nc(Cc3ccccc3C)ns2)cc1. The summed E-state index contributed by atoms with van der Waals surface area (Å²) in [7, 11) is 1.60. The molecule has 0 aliphatic carbocycles. The van der Waals surface area contributed by atoms with Crippen LogP contribution >= 0.6 is 11.5 Å². The second-order valence-electron chi connectivity index (χ2n) is 7.12. The first kappa shape index (κ1) is 21.0. The Bertz CT molecular complexity index is 953. The average Bonchev–Trinajstić information content (AvgIpc) is 3.15. The number of nitrogens with two attached hydrogens (primary N) is 1. The molecule has 0 radical (unpaired) electrons. The largest absolute Gasteiger partial charge is 0.497 e. The molecule has 0 saturated carbocycles. The van der Waals surface area contributed by atoms with Crippen LogP contribution in [0.5, 0.6) is 5.75 Å². The Labute approximate surface area is 175 Å². The Balaban J connectivity index is 1.74. The van der Waals surface area contributed by atoms with Gasteiger partial charge in [0.15, 0.2) is 5.78 Å². The molecular formula is C22H26N4O2S. The molecule has 7 heteroatoms. The lowest BCUT2D eigenvalue weighted by Gasteiger charge is -2.19. The molecule has 0 fully saturated rings. The Hall–Kier alpha value is -2.77. The number of anilines is 1. The maximum absolute atomic E-state index is 13.0. The smallest absolute Gasteiger partial charge is 0.203 e. The fraction of sp³-hybridized carbons (Fsp3) is 0.318. The zero-order valence-electron chi connectivity index (χ0n) is 16.9. The van der Waals surface area contributed by atoms with Gasteiger partial charge in [0.05, 0.1) is 13.2 Å². The van der Waals surface area contributed by atoms with E-state index in [1.54, 1.807) is 31.4 Å². The first-order valence-corrected chi connectivity index (χ1v) is 10.3. The molecule has 0 aliphatic heterocycles. The van der Waals surface area contributed by atoms with Crippen molar-refractivity contribution in [1.82, 2.24) is 9.36 Å². The van der Waals surface area contributed by atoms with Gasteiger partial charge < -0.3 is 15.8 Å². The van der Waals surface area contributed by atoms with E-state index in [9.17, 15) is 4.79 Å². The third-order valence-corrected chi connectivity index (χ3v) is 5.36. The van der Waals surface area contributed by atoms with Crippen molar-refractivity contribution >= 4 is 22.4 Å². The number of hydrogen-bond donors (Lipinski definition) is 2. The van der Waals surface area contributed by atoms with E-state index in [0.29, 0.717) is 29.3 Å². The molecule has 3 aromatic rings. The molecule has 0 aliphatic rings. The molecule has 0 bridgehead atoms. The fourth-order valence-corrected chi connectivity index (χ4v) is 3.71. The summed E-state index contributed by atoms with van der Waals surface area (Å²) < 4.78 is 9.61. The van der Waals surface area contributed by atoms with Gasteiger partial charge in [0.2, 0.25) is 5.13 Å². The van der Waals surface area contributed by atoms with E-state index in [2.05, 4.69) is 33.7 Å². The number of nitrogens with zero attached hydrogens (tertiary/aromatic N) is 2. The average molecular weight is 411 g/mol. The molecule has 0 amide bonds. The number of hydrogen-bond acceptors (Lipinski definition) is 7. The van der Waals surface area contributed by atoms with Crippen molar-refractivity contribution in [2.45, 2.75) is 38.8 Å². The van der Waals surface area contributed by atoms with Crippen LogP contribution in [0.15, 0.2) is 48.5 Å². The summed E-state index contributed by atoms with van der Waals surface area (Å²) in [6.07, 6.45) is 1.16. The third kappa shape index (κ3) is 5.62. The predicted molar refractivity (Wildman–Crippen MR) is 117 cm³/mol. The van der Waals surface area contributed by atoms with Gasteiger partial charge in [0.1, 0.15) is 11.6 Å². The Morgan fingerprint density at radius 2 is 1.93 bits per heavy atom. The van der Waals surface area contributed by atoms with Crippen LogP contribution in [0.3, 0.4) is 0 Å². The van der Waals surface area contributed by atoms with Crippen molar-refractivity contribution in [1.29, 1.82) is 0 Å². The van der Waals surface area contributed by atoms with Crippen LogP contribution in [-0.4, -0.2) is 34.3 Å². The van der Waals surface area contributed by atoms with Gasteiger partial charge in [-0.2, -0.15) is 4.37 Å². The van der Waals surface area contributed by atoms with E-state index < -0.39 is 6.04 Å². The minimum absolute atomic E-state index is 0.0272. The summed E-state index contributed by atoms with van der Waals surface area (Å²) >= 11 is 1.26. The topological polar surface area (TPSA) is 90.1 Å². The number of benzene rings is 2. The van der Waals surface area contributed by atoms with Crippen molar-refractivity contribution in [2.75, 3.05) is 12.4 Å². The quantitative estimate of drug-likeness (QED) is 0.521. The van der Waals surface area contributed by atoms with Crippen LogP contribution in [0.2, 0.25) is 0 Å². The molecule has 1 heterocycles. The van der Waals surface area contributed by atoms with Crippen LogP contribution < -0.4 is 15.8 Å². The number of aryl methyl sites for hydroxylation is 1. The van der Waals surface area contributed by atoms with Crippen LogP contribution in [-0.2, 0) is 6.42 Å². The van der Waals surface area contributed by atoms with Gasteiger partial charge in [-0.05, 0) is 55.7 Å². The minimum Gasteiger partial charge on any atom is -0.497 e. The molecular weight excluding hydrogens is 384 g/mol. The summed E-state index contributed by atoms with van der Waals surface area (Å²) in [5, 5.41) is 3.87. The molecule has 2 atom stereocenters. The number of carbonyl (C=O) groups is 1. The number of aromatic nitrogens is 2. The van der Waals surface area contributed by atoms with Crippen molar-refractivity contribution < 1.29 is 9.53 Å². The molecule has 2 unspecified atom stereocenters. The maximum Gasteiger partial charge on any atom is 0.203 e. The summed E-state index contributed by atoms with van der Waals surface area (Å²) in [4.78, 5) is 17.6. The lowest BCUT2D eigenvalue weighted by atomic mass is 9.99. The summed E-state index contributed by atoms with van der Waals surface area (Å²) in [5.41, 5.74) is 9.00. The highest BCUT2D eigenvalue weighted by molar-refractivity contribution is 7.09. The second-order valence-corrected chi connectivity index (χ2v) is 7.87. The van der Waals surface area contributed by atoms with Crippen LogP contribution in [0.4, 0.5) is 5.13 Å². The number of ketones is 1. The van der Waals surface area contributed by atoms with Crippen LogP contribution in [0.1, 0.15) is 40.7 Å². The van der Waals surface area contributed by atoms with Crippen molar-refractivity contribution in [3.05, 3.63) is 71.0 Å². The van der Waals surface area contributed by atoms with E-state index in [0.717, 1.165) is 5.82 Å². The van der Waals surface area contributed by atoms with Gasteiger partial charge in [0, 0.05) is 29.6 Å². The second kappa shape index (κ2) is 9.62. The minimum atomic E-state index is -0.470. The van der Waals surface area contributed by atoms with Gasteiger partial charge in [-0.3, -0.25) is 4.79 Å². The van der Waals surface area contributed by atoms with E-state index in [4.69, 9.17) is 10.5 Å². The molecule has 3 rings (SSSR count). The molecule has 0 spiro atoms. The number of ether oxygens (including phenoxy) is 1. The van der Waals surface area contributed by atoms with Crippen molar-refractivity contribution in [3.8, 4) is 5.75 Å². The predicted octanol–water partition coefficient (Wildman–Crippen LogP) is 3.85. The zero-order chi connectivity index (χ0) is 20.8. The van der Waals surface area contributed by atoms with Crippen molar-refractivity contribution in [3.63, 3.8) is 0 Å². The van der Waals surface area contributed by atoms with E-state index in [1.165, 1.54) is 22.7 Å². The van der Waals surface area contributed by atoms with Gasteiger partial charge >= 0.3 is 0 Å². The van der Waals surface area contributed by atoms with Crippen LogP contribution in [0, 0.1) is 6.92 Å².